The Morgan fingerprint density at radius 1 is 1.32 bits per heavy atom. The van der Waals surface area contributed by atoms with Crippen molar-refractivity contribution in [3.8, 4) is 0 Å². The largest absolute Gasteiger partial charge is 0.338 e. The first kappa shape index (κ1) is 17.6. The van der Waals surface area contributed by atoms with E-state index in [2.05, 4.69) is 11.9 Å². The van der Waals surface area contributed by atoms with Gasteiger partial charge in [-0.25, -0.2) is 8.42 Å². The maximum atomic E-state index is 12.9. The molecule has 0 bridgehead atoms. The molecule has 132 valence electrons. The molecule has 1 amide bonds. The van der Waals surface area contributed by atoms with Crippen LogP contribution >= 0.6 is 0 Å². The first-order valence-electron chi connectivity index (χ1n) is 7.90. The minimum Gasteiger partial charge on any atom is -0.338 e. The van der Waals surface area contributed by atoms with Crippen LogP contribution in [0.2, 0.25) is 0 Å². The molecule has 2 aliphatic rings. The van der Waals surface area contributed by atoms with Crippen molar-refractivity contribution in [2.75, 3.05) is 18.5 Å². The quantitative estimate of drug-likeness (QED) is 0.834. The lowest BCUT2D eigenvalue weighted by molar-refractivity contribution is -0.255. The minimum absolute atomic E-state index is 0.0612. The van der Waals surface area contributed by atoms with E-state index in [4.69, 9.17) is 9.47 Å². The van der Waals surface area contributed by atoms with Crippen LogP contribution in [0.4, 0.5) is 5.69 Å². The molecule has 0 saturated carbocycles. The van der Waals surface area contributed by atoms with Gasteiger partial charge >= 0.3 is 0 Å². The Labute approximate surface area is 146 Å². The Kier molecular flexibility index (Phi) is 4.64. The van der Waals surface area contributed by atoms with Crippen LogP contribution in [0.25, 0.3) is 0 Å². The van der Waals surface area contributed by atoms with E-state index in [9.17, 15) is 13.2 Å². The zero-order valence-corrected chi connectivity index (χ0v) is 14.6. The molecule has 7 heteroatoms. The molecule has 2 aliphatic heterocycles. The number of amides is 1. The predicted octanol–water partition coefficient (Wildman–Crippen LogP) is 2.65. The molecular formula is C18H19NO5S. The van der Waals surface area contributed by atoms with Crippen LogP contribution in [0.1, 0.15) is 18.9 Å². The second-order valence-electron chi connectivity index (χ2n) is 5.64. The van der Waals surface area contributed by atoms with Crippen molar-refractivity contribution in [1.29, 1.82) is 0 Å². The topological polar surface area (TPSA) is 81.7 Å². The summed E-state index contributed by atoms with van der Waals surface area (Å²) in [6.45, 7) is 6.02. The number of ether oxygens (including phenoxy) is 2. The maximum Gasteiger partial charge on any atom is 0.289 e. The fourth-order valence-electron chi connectivity index (χ4n) is 2.87. The standard InChI is InChI=1S/C18H19NO5S/c1-3-6-13(7-4-2)25(21,22)14-8-9-16-15(12-14)18(17(20)19-16)23-10-5-11-24-18/h3-4,6-9,12H,1,5,10-11H2,2H3,(H,19,20)/b7-4-,13-6+. The molecule has 0 aliphatic carbocycles. The van der Waals surface area contributed by atoms with E-state index in [0.717, 1.165) is 0 Å². The lowest BCUT2D eigenvalue weighted by Crippen LogP contribution is -2.43. The Morgan fingerprint density at radius 2 is 2.04 bits per heavy atom. The van der Waals surface area contributed by atoms with Gasteiger partial charge in [-0.1, -0.05) is 18.7 Å². The number of benzene rings is 1. The fraction of sp³-hybridized carbons (Fsp3) is 0.278. The summed E-state index contributed by atoms with van der Waals surface area (Å²) in [5, 5.41) is 2.69. The monoisotopic (exact) mass is 361 g/mol. The maximum absolute atomic E-state index is 12.9. The average molecular weight is 361 g/mol. The highest BCUT2D eigenvalue weighted by atomic mass is 32.2. The van der Waals surface area contributed by atoms with Gasteiger partial charge in [-0.2, -0.15) is 0 Å². The lowest BCUT2D eigenvalue weighted by atomic mass is 10.1. The number of allylic oxidation sites excluding steroid dienone is 4. The summed E-state index contributed by atoms with van der Waals surface area (Å²) >= 11 is 0. The molecule has 0 radical (unpaired) electrons. The van der Waals surface area contributed by atoms with Crippen LogP contribution in [0.5, 0.6) is 0 Å². The number of carbonyl (C=O) groups is 1. The van der Waals surface area contributed by atoms with Crippen LogP contribution in [0.3, 0.4) is 0 Å². The third kappa shape index (κ3) is 2.84. The van der Waals surface area contributed by atoms with Crippen molar-refractivity contribution in [3.05, 3.63) is 59.6 Å². The molecule has 2 heterocycles. The molecule has 1 aromatic carbocycles. The van der Waals surface area contributed by atoms with Gasteiger partial charge in [-0.3, -0.25) is 4.79 Å². The number of rotatable bonds is 4. The van der Waals surface area contributed by atoms with Crippen molar-refractivity contribution >= 4 is 21.4 Å². The molecule has 1 saturated heterocycles. The van der Waals surface area contributed by atoms with Gasteiger partial charge in [0, 0.05) is 5.56 Å². The molecule has 0 aromatic heterocycles. The van der Waals surface area contributed by atoms with Crippen molar-refractivity contribution in [2.45, 2.75) is 24.0 Å². The molecule has 3 rings (SSSR count). The van der Waals surface area contributed by atoms with Gasteiger partial charge < -0.3 is 14.8 Å². The number of carbonyl (C=O) groups excluding carboxylic acids is 1. The first-order chi connectivity index (χ1) is 12.0. The molecule has 0 atom stereocenters. The van der Waals surface area contributed by atoms with Crippen LogP contribution < -0.4 is 5.32 Å². The van der Waals surface area contributed by atoms with Gasteiger partial charge in [-0.05, 0) is 43.7 Å². The normalized spacial score (nSPS) is 19.9. The number of hydrogen-bond donors (Lipinski definition) is 1. The smallest absolute Gasteiger partial charge is 0.289 e. The molecule has 1 spiro atoms. The Balaban J connectivity index is 2.12. The summed E-state index contributed by atoms with van der Waals surface area (Å²) in [7, 11) is -3.77. The van der Waals surface area contributed by atoms with Crippen LogP contribution in [-0.2, 0) is 29.9 Å². The van der Waals surface area contributed by atoms with Crippen molar-refractivity contribution in [2.24, 2.45) is 0 Å². The van der Waals surface area contributed by atoms with Gasteiger partial charge in [0.1, 0.15) is 0 Å². The highest BCUT2D eigenvalue weighted by Crippen LogP contribution is 2.43. The molecule has 6 nitrogen and oxygen atoms in total. The molecule has 1 fully saturated rings. The highest BCUT2D eigenvalue weighted by molar-refractivity contribution is 7.95. The van der Waals surface area contributed by atoms with Crippen LogP contribution in [0, 0.1) is 0 Å². The molecular weight excluding hydrogens is 342 g/mol. The second kappa shape index (κ2) is 6.59. The lowest BCUT2D eigenvalue weighted by Gasteiger charge is -2.31. The van der Waals surface area contributed by atoms with E-state index < -0.39 is 21.5 Å². The highest BCUT2D eigenvalue weighted by Gasteiger charge is 2.51. The summed E-state index contributed by atoms with van der Waals surface area (Å²) in [4.78, 5) is 12.5. The summed E-state index contributed by atoms with van der Waals surface area (Å²) < 4.78 is 37.0. The fourth-order valence-corrected chi connectivity index (χ4v) is 4.25. The summed E-state index contributed by atoms with van der Waals surface area (Å²) in [6, 6.07) is 4.45. The van der Waals surface area contributed by atoms with E-state index >= 15 is 0 Å². The van der Waals surface area contributed by atoms with Gasteiger partial charge in [0.05, 0.1) is 28.7 Å². The van der Waals surface area contributed by atoms with E-state index in [1.165, 1.54) is 30.4 Å². The molecule has 1 aromatic rings. The number of nitrogens with one attached hydrogen (secondary N) is 1. The predicted molar refractivity (Wildman–Crippen MR) is 93.6 cm³/mol. The van der Waals surface area contributed by atoms with E-state index in [-0.39, 0.29) is 9.80 Å². The Morgan fingerprint density at radius 3 is 2.68 bits per heavy atom. The van der Waals surface area contributed by atoms with Crippen LogP contribution in [0.15, 0.2) is 58.9 Å². The third-order valence-corrected chi connectivity index (χ3v) is 5.79. The number of sulfone groups is 1. The van der Waals surface area contributed by atoms with Crippen LogP contribution in [-0.4, -0.2) is 27.5 Å². The number of hydrogen-bond acceptors (Lipinski definition) is 5. The van der Waals surface area contributed by atoms with Gasteiger partial charge in [0.2, 0.25) is 9.84 Å². The van der Waals surface area contributed by atoms with E-state index in [0.29, 0.717) is 30.9 Å². The second-order valence-corrected chi connectivity index (χ2v) is 7.59. The van der Waals surface area contributed by atoms with E-state index in [1.807, 2.05) is 0 Å². The van der Waals surface area contributed by atoms with Gasteiger partial charge in [0.15, 0.2) is 0 Å². The minimum atomic E-state index is -3.77. The Hall–Kier alpha value is -2.22. The average Bonchev–Trinajstić information content (AvgIpc) is 2.87. The van der Waals surface area contributed by atoms with Gasteiger partial charge in [-0.15, -0.1) is 0 Å². The summed E-state index contributed by atoms with van der Waals surface area (Å²) in [5.74, 6) is -2.01. The Bertz CT molecular complexity index is 877. The molecule has 25 heavy (non-hydrogen) atoms. The molecule has 1 N–H and O–H groups in total. The summed E-state index contributed by atoms with van der Waals surface area (Å²) in [6.07, 6.45) is 6.66. The third-order valence-electron chi connectivity index (χ3n) is 4.03. The summed E-state index contributed by atoms with van der Waals surface area (Å²) in [5.41, 5.74) is 0.878. The zero-order valence-electron chi connectivity index (χ0n) is 13.8. The van der Waals surface area contributed by atoms with Crippen molar-refractivity contribution in [3.63, 3.8) is 0 Å². The van der Waals surface area contributed by atoms with Crippen molar-refractivity contribution < 1.29 is 22.7 Å². The molecule has 0 unspecified atom stereocenters. The number of fused-ring (bicyclic) bond motifs is 2. The van der Waals surface area contributed by atoms with Crippen molar-refractivity contribution in [1.82, 2.24) is 0 Å². The van der Waals surface area contributed by atoms with E-state index in [1.54, 1.807) is 19.1 Å². The zero-order chi connectivity index (χ0) is 18.1. The van der Waals surface area contributed by atoms with Gasteiger partial charge in [0.25, 0.3) is 11.7 Å². The number of anilines is 1. The SMILES string of the molecule is C=C/C=C(\C=C/C)S(=O)(=O)c1ccc2c(c1)C1(OCCCO1)C(=O)N2. The first-order valence-corrected chi connectivity index (χ1v) is 9.38.